The largest absolute Gasteiger partial charge is 0.451 e. The van der Waals surface area contributed by atoms with Crippen molar-refractivity contribution in [2.45, 2.75) is 19.8 Å². The molecule has 3 aromatic rings. The standard InChI is InChI=1S/C20H18O4/c1-2-5-14-8-10-15(11-9-14)17(21)13-23-20(22)19-12-16-6-3-4-7-18(16)24-19/h3-4,6-12H,2,5,13H2,1H3. The minimum Gasteiger partial charge on any atom is -0.451 e. The van der Waals surface area contributed by atoms with E-state index in [2.05, 4.69) is 6.92 Å². The molecular weight excluding hydrogens is 304 g/mol. The van der Waals surface area contributed by atoms with Gasteiger partial charge in [-0.2, -0.15) is 0 Å². The SMILES string of the molecule is CCCc1ccc(C(=O)COC(=O)c2cc3ccccc3o2)cc1. The van der Waals surface area contributed by atoms with E-state index in [0.717, 1.165) is 18.2 Å². The third kappa shape index (κ3) is 3.54. The highest BCUT2D eigenvalue weighted by molar-refractivity contribution is 5.99. The first kappa shape index (κ1) is 16.0. The number of esters is 1. The third-order valence-electron chi connectivity index (χ3n) is 3.78. The summed E-state index contributed by atoms with van der Waals surface area (Å²) in [6, 6.07) is 16.3. The highest BCUT2D eigenvalue weighted by Crippen LogP contribution is 2.19. The summed E-state index contributed by atoms with van der Waals surface area (Å²) in [7, 11) is 0. The highest BCUT2D eigenvalue weighted by Gasteiger charge is 2.16. The van der Waals surface area contributed by atoms with E-state index < -0.39 is 5.97 Å². The fourth-order valence-electron chi connectivity index (χ4n) is 2.51. The molecule has 0 radical (unpaired) electrons. The Bertz CT molecular complexity index is 826. The smallest absolute Gasteiger partial charge is 0.374 e. The monoisotopic (exact) mass is 322 g/mol. The zero-order valence-corrected chi connectivity index (χ0v) is 13.5. The summed E-state index contributed by atoms with van der Waals surface area (Å²) in [5, 5.41) is 0.822. The summed E-state index contributed by atoms with van der Waals surface area (Å²) in [5.41, 5.74) is 2.34. The van der Waals surface area contributed by atoms with Crippen molar-refractivity contribution in [3.05, 3.63) is 71.5 Å². The van der Waals surface area contributed by atoms with E-state index >= 15 is 0 Å². The van der Waals surface area contributed by atoms with Gasteiger partial charge in [-0.3, -0.25) is 4.79 Å². The molecule has 0 aliphatic rings. The first-order valence-electron chi connectivity index (χ1n) is 7.95. The number of aryl methyl sites for hydroxylation is 1. The van der Waals surface area contributed by atoms with Gasteiger partial charge >= 0.3 is 5.97 Å². The van der Waals surface area contributed by atoms with Gasteiger partial charge in [-0.05, 0) is 24.1 Å². The van der Waals surface area contributed by atoms with Crippen molar-refractivity contribution >= 4 is 22.7 Å². The van der Waals surface area contributed by atoms with E-state index in [-0.39, 0.29) is 18.2 Å². The van der Waals surface area contributed by atoms with Gasteiger partial charge in [-0.25, -0.2) is 4.79 Å². The summed E-state index contributed by atoms with van der Waals surface area (Å²) in [4.78, 5) is 24.1. The lowest BCUT2D eigenvalue weighted by molar-refractivity contribution is 0.0446. The molecule has 0 amide bonds. The van der Waals surface area contributed by atoms with Crippen LogP contribution in [-0.4, -0.2) is 18.4 Å². The van der Waals surface area contributed by atoms with Crippen LogP contribution < -0.4 is 0 Å². The Morgan fingerprint density at radius 1 is 1.04 bits per heavy atom. The number of carbonyl (C=O) groups is 2. The van der Waals surface area contributed by atoms with Crippen molar-refractivity contribution in [3.63, 3.8) is 0 Å². The number of ketones is 1. The topological polar surface area (TPSA) is 56.5 Å². The second kappa shape index (κ2) is 7.13. The number of hydrogen-bond donors (Lipinski definition) is 0. The Hall–Kier alpha value is -2.88. The quantitative estimate of drug-likeness (QED) is 0.498. The molecule has 0 fully saturated rings. The van der Waals surface area contributed by atoms with Crippen LogP contribution in [0, 0.1) is 0 Å². The maximum Gasteiger partial charge on any atom is 0.374 e. The van der Waals surface area contributed by atoms with Gasteiger partial charge < -0.3 is 9.15 Å². The first-order valence-corrected chi connectivity index (χ1v) is 7.95. The first-order chi connectivity index (χ1) is 11.7. The van der Waals surface area contributed by atoms with Crippen LogP contribution in [0.3, 0.4) is 0 Å². The average Bonchev–Trinajstić information content (AvgIpc) is 3.04. The molecule has 0 N–H and O–H groups in total. The summed E-state index contributed by atoms with van der Waals surface area (Å²) in [5.74, 6) is -0.771. The molecule has 0 bridgehead atoms. The number of ether oxygens (including phenoxy) is 1. The second-order valence-corrected chi connectivity index (χ2v) is 5.59. The predicted molar refractivity (Wildman–Crippen MR) is 91.3 cm³/mol. The third-order valence-corrected chi connectivity index (χ3v) is 3.78. The van der Waals surface area contributed by atoms with Gasteiger partial charge in [0.05, 0.1) is 0 Å². The molecule has 0 spiro atoms. The molecule has 0 aliphatic heterocycles. The van der Waals surface area contributed by atoms with Crippen LogP contribution in [0.2, 0.25) is 0 Å². The number of furan rings is 1. The zero-order chi connectivity index (χ0) is 16.9. The predicted octanol–water partition coefficient (Wildman–Crippen LogP) is 4.43. The molecule has 3 rings (SSSR count). The summed E-state index contributed by atoms with van der Waals surface area (Å²) >= 11 is 0. The van der Waals surface area contributed by atoms with Crippen LogP contribution in [0.15, 0.2) is 59.0 Å². The normalized spacial score (nSPS) is 10.7. The fourth-order valence-corrected chi connectivity index (χ4v) is 2.51. The van der Waals surface area contributed by atoms with Gasteiger partial charge in [-0.1, -0.05) is 55.8 Å². The number of carbonyl (C=O) groups excluding carboxylic acids is 2. The van der Waals surface area contributed by atoms with Crippen LogP contribution in [0.5, 0.6) is 0 Å². The van der Waals surface area contributed by atoms with Crippen molar-refractivity contribution in [2.24, 2.45) is 0 Å². The van der Waals surface area contributed by atoms with E-state index in [1.165, 1.54) is 5.56 Å². The number of benzene rings is 2. The maximum atomic E-state index is 12.1. The molecule has 4 nitrogen and oxygen atoms in total. The molecule has 1 aromatic heterocycles. The van der Waals surface area contributed by atoms with E-state index in [0.29, 0.717) is 11.1 Å². The number of para-hydroxylation sites is 1. The van der Waals surface area contributed by atoms with E-state index in [1.54, 1.807) is 24.3 Å². The van der Waals surface area contributed by atoms with Gasteiger partial charge in [0, 0.05) is 10.9 Å². The molecule has 122 valence electrons. The van der Waals surface area contributed by atoms with Crippen LogP contribution in [0.4, 0.5) is 0 Å². The minimum absolute atomic E-state index is 0.0993. The molecule has 0 unspecified atom stereocenters. The van der Waals surface area contributed by atoms with Crippen molar-refractivity contribution in [3.8, 4) is 0 Å². The van der Waals surface area contributed by atoms with Crippen molar-refractivity contribution in [1.82, 2.24) is 0 Å². The summed E-state index contributed by atoms with van der Waals surface area (Å²) < 4.78 is 10.5. The zero-order valence-electron chi connectivity index (χ0n) is 13.5. The minimum atomic E-state index is -0.637. The van der Waals surface area contributed by atoms with Gasteiger partial charge in [0.1, 0.15) is 5.58 Å². The maximum absolute atomic E-state index is 12.1. The van der Waals surface area contributed by atoms with Crippen LogP contribution >= 0.6 is 0 Å². The van der Waals surface area contributed by atoms with Gasteiger partial charge in [-0.15, -0.1) is 0 Å². The summed E-state index contributed by atoms with van der Waals surface area (Å²) in [6.45, 7) is 1.81. The Labute approximate surface area is 140 Å². The van der Waals surface area contributed by atoms with Crippen LogP contribution in [0.1, 0.15) is 39.8 Å². The number of rotatable bonds is 6. The Morgan fingerprint density at radius 3 is 2.50 bits per heavy atom. The van der Waals surface area contributed by atoms with Crippen LogP contribution in [0.25, 0.3) is 11.0 Å². The molecule has 0 aliphatic carbocycles. The molecule has 0 atom stereocenters. The van der Waals surface area contributed by atoms with Crippen molar-refractivity contribution in [2.75, 3.05) is 6.61 Å². The molecule has 0 saturated carbocycles. The number of Topliss-reactive ketones (excluding diaryl/α,β-unsaturated/α-hetero) is 1. The van der Waals surface area contributed by atoms with Crippen molar-refractivity contribution in [1.29, 1.82) is 0 Å². The Kier molecular flexibility index (Phi) is 4.75. The second-order valence-electron chi connectivity index (χ2n) is 5.59. The van der Waals surface area contributed by atoms with Crippen molar-refractivity contribution < 1.29 is 18.7 Å². The molecule has 24 heavy (non-hydrogen) atoms. The molecule has 4 heteroatoms. The van der Waals surface area contributed by atoms with Gasteiger partial charge in [0.15, 0.2) is 12.4 Å². The van der Waals surface area contributed by atoms with E-state index in [4.69, 9.17) is 9.15 Å². The van der Waals surface area contributed by atoms with Gasteiger partial charge in [0.25, 0.3) is 0 Å². The van der Waals surface area contributed by atoms with E-state index in [1.807, 2.05) is 30.3 Å². The Balaban J connectivity index is 1.61. The average molecular weight is 322 g/mol. The molecule has 1 heterocycles. The Morgan fingerprint density at radius 2 is 1.79 bits per heavy atom. The lowest BCUT2D eigenvalue weighted by atomic mass is 10.1. The van der Waals surface area contributed by atoms with E-state index in [9.17, 15) is 9.59 Å². The lowest BCUT2D eigenvalue weighted by Crippen LogP contribution is -2.13. The highest BCUT2D eigenvalue weighted by atomic mass is 16.5. The summed E-state index contributed by atoms with van der Waals surface area (Å²) in [6.07, 6.45) is 2.04. The molecular formula is C20H18O4. The molecule has 2 aromatic carbocycles. The number of fused-ring (bicyclic) bond motifs is 1. The van der Waals surface area contributed by atoms with Crippen LogP contribution in [-0.2, 0) is 11.2 Å². The number of hydrogen-bond acceptors (Lipinski definition) is 4. The van der Waals surface area contributed by atoms with Gasteiger partial charge in [0.2, 0.25) is 5.76 Å². The molecule has 0 saturated heterocycles. The lowest BCUT2D eigenvalue weighted by Gasteiger charge is -2.04. The fraction of sp³-hybridized carbons (Fsp3) is 0.200.